The van der Waals surface area contributed by atoms with Crippen LogP contribution >= 0.6 is 0 Å². The Bertz CT molecular complexity index is 426. The van der Waals surface area contributed by atoms with Crippen molar-refractivity contribution in [3.63, 3.8) is 0 Å². The molecule has 1 amide bonds. The van der Waals surface area contributed by atoms with Gasteiger partial charge in [-0.05, 0) is 24.1 Å². The highest BCUT2D eigenvalue weighted by Crippen LogP contribution is 2.09. The van der Waals surface area contributed by atoms with Gasteiger partial charge in [-0.25, -0.2) is 4.79 Å². The molecule has 0 bridgehead atoms. The van der Waals surface area contributed by atoms with Crippen LogP contribution in [0, 0.1) is 0 Å². The van der Waals surface area contributed by atoms with Gasteiger partial charge in [0.15, 0.2) is 0 Å². The number of nitrogens with zero attached hydrogens (tertiary/aromatic N) is 1. The average Bonchev–Trinajstić information content (AvgIpc) is 2.39. The van der Waals surface area contributed by atoms with Crippen LogP contribution < -0.4 is 0 Å². The van der Waals surface area contributed by atoms with Crippen LogP contribution in [0.25, 0.3) is 0 Å². The molecule has 4 nitrogen and oxygen atoms in total. The van der Waals surface area contributed by atoms with Crippen molar-refractivity contribution < 1.29 is 14.7 Å². The summed E-state index contributed by atoms with van der Waals surface area (Å²) in [6.07, 6.45) is 3.69. The molecule has 4 heteroatoms. The van der Waals surface area contributed by atoms with Gasteiger partial charge >= 0.3 is 5.97 Å². The molecule has 104 valence electrons. The minimum atomic E-state index is -0.935. The Morgan fingerprint density at radius 1 is 1.16 bits per heavy atom. The minimum absolute atomic E-state index is 0.135. The van der Waals surface area contributed by atoms with E-state index in [1.54, 1.807) is 36.2 Å². The number of carbonyl (C=O) groups is 2. The summed E-state index contributed by atoms with van der Waals surface area (Å²) < 4.78 is 0. The van der Waals surface area contributed by atoms with E-state index in [2.05, 4.69) is 6.92 Å². The molecule has 0 aliphatic carbocycles. The van der Waals surface area contributed by atoms with Crippen LogP contribution in [0.2, 0.25) is 0 Å². The molecular formula is C15H21NO3. The second kappa shape index (κ2) is 7.56. The number of aromatic carboxylic acids is 1. The van der Waals surface area contributed by atoms with Crippen molar-refractivity contribution in [3.05, 3.63) is 35.4 Å². The highest BCUT2D eigenvalue weighted by molar-refractivity contribution is 5.87. The van der Waals surface area contributed by atoms with Crippen molar-refractivity contribution in [1.29, 1.82) is 0 Å². The Kier molecular flexibility index (Phi) is 6.06. The second-order valence-corrected chi connectivity index (χ2v) is 4.71. The maximum atomic E-state index is 11.8. The summed E-state index contributed by atoms with van der Waals surface area (Å²) in [7, 11) is 1.78. The summed E-state index contributed by atoms with van der Waals surface area (Å²) >= 11 is 0. The van der Waals surface area contributed by atoms with Gasteiger partial charge in [0.2, 0.25) is 5.91 Å². The van der Waals surface area contributed by atoms with Crippen LogP contribution in [-0.4, -0.2) is 28.9 Å². The quantitative estimate of drug-likeness (QED) is 0.769. The van der Waals surface area contributed by atoms with Crippen molar-refractivity contribution in [3.8, 4) is 0 Å². The van der Waals surface area contributed by atoms with Crippen molar-refractivity contribution >= 4 is 11.9 Å². The first-order valence-corrected chi connectivity index (χ1v) is 6.60. The summed E-state index contributed by atoms with van der Waals surface area (Å²) in [6.45, 7) is 2.63. The molecule has 0 heterocycles. The van der Waals surface area contributed by atoms with E-state index in [0.717, 1.165) is 24.8 Å². The summed E-state index contributed by atoms with van der Waals surface area (Å²) in [5.74, 6) is -0.800. The van der Waals surface area contributed by atoms with Gasteiger partial charge in [0.1, 0.15) is 0 Å². The molecule has 0 atom stereocenters. The number of amides is 1. The zero-order chi connectivity index (χ0) is 14.3. The number of hydrogen-bond donors (Lipinski definition) is 1. The standard InChI is InChI=1S/C15H21NO3/c1-3-4-5-6-14(17)16(2)11-12-7-9-13(10-8-12)15(18)19/h7-10H,3-6,11H2,1-2H3,(H,18,19). The molecule has 0 fully saturated rings. The van der Waals surface area contributed by atoms with Crippen LogP contribution in [-0.2, 0) is 11.3 Å². The molecule has 0 radical (unpaired) electrons. The van der Waals surface area contributed by atoms with E-state index in [-0.39, 0.29) is 11.5 Å². The van der Waals surface area contributed by atoms with E-state index < -0.39 is 5.97 Å². The molecule has 0 spiro atoms. The fourth-order valence-corrected chi connectivity index (χ4v) is 1.83. The predicted molar refractivity (Wildman–Crippen MR) is 74.0 cm³/mol. The Labute approximate surface area is 114 Å². The number of carboxylic acid groups (broad SMARTS) is 1. The lowest BCUT2D eigenvalue weighted by Gasteiger charge is -2.17. The molecule has 1 rings (SSSR count). The molecule has 0 aliphatic heterocycles. The van der Waals surface area contributed by atoms with Gasteiger partial charge in [-0.2, -0.15) is 0 Å². The Hall–Kier alpha value is -1.84. The smallest absolute Gasteiger partial charge is 0.335 e. The van der Waals surface area contributed by atoms with Crippen molar-refractivity contribution in [2.45, 2.75) is 39.2 Å². The van der Waals surface area contributed by atoms with Gasteiger partial charge in [-0.3, -0.25) is 4.79 Å². The van der Waals surface area contributed by atoms with E-state index >= 15 is 0 Å². The number of carboxylic acids is 1. The number of benzene rings is 1. The first kappa shape index (κ1) is 15.2. The van der Waals surface area contributed by atoms with Crippen LogP contribution in [0.3, 0.4) is 0 Å². The van der Waals surface area contributed by atoms with Gasteiger partial charge in [0.05, 0.1) is 5.56 Å². The largest absolute Gasteiger partial charge is 0.478 e. The fourth-order valence-electron chi connectivity index (χ4n) is 1.83. The van der Waals surface area contributed by atoms with Gasteiger partial charge in [0, 0.05) is 20.0 Å². The van der Waals surface area contributed by atoms with Gasteiger partial charge in [-0.1, -0.05) is 31.9 Å². The molecule has 19 heavy (non-hydrogen) atoms. The molecule has 0 aliphatic rings. The van der Waals surface area contributed by atoms with E-state index in [1.807, 2.05) is 0 Å². The third kappa shape index (κ3) is 5.12. The first-order chi connectivity index (χ1) is 9.04. The third-order valence-electron chi connectivity index (χ3n) is 3.04. The van der Waals surface area contributed by atoms with E-state index in [4.69, 9.17) is 5.11 Å². The van der Waals surface area contributed by atoms with Crippen LogP contribution in [0.1, 0.15) is 48.5 Å². The van der Waals surface area contributed by atoms with Crippen molar-refractivity contribution in [2.75, 3.05) is 7.05 Å². The lowest BCUT2D eigenvalue weighted by Crippen LogP contribution is -2.25. The average molecular weight is 263 g/mol. The summed E-state index contributed by atoms with van der Waals surface area (Å²) in [6, 6.07) is 6.62. The number of unbranched alkanes of at least 4 members (excludes halogenated alkanes) is 2. The van der Waals surface area contributed by atoms with Crippen molar-refractivity contribution in [1.82, 2.24) is 4.90 Å². The lowest BCUT2D eigenvalue weighted by molar-refractivity contribution is -0.130. The molecule has 1 aromatic rings. The molecule has 0 saturated heterocycles. The zero-order valence-corrected chi connectivity index (χ0v) is 11.6. The molecule has 0 unspecified atom stereocenters. The Balaban J connectivity index is 2.49. The van der Waals surface area contributed by atoms with E-state index in [0.29, 0.717) is 13.0 Å². The fraction of sp³-hybridized carbons (Fsp3) is 0.467. The second-order valence-electron chi connectivity index (χ2n) is 4.71. The Morgan fingerprint density at radius 2 is 1.79 bits per heavy atom. The van der Waals surface area contributed by atoms with Crippen molar-refractivity contribution in [2.24, 2.45) is 0 Å². The topological polar surface area (TPSA) is 57.6 Å². The van der Waals surface area contributed by atoms with Crippen LogP contribution in [0.4, 0.5) is 0 Å². The van der Waals surface area contributed by atoms with Gasteiger partial charge < -0.3 is 10.0 Å². The number of carbonyl (C=O) groups excluding carboxylic acids is 1. The van der Waals surface area contributed by atoms with E-state index in [9.17, 15) is 9.59 Å². The number of rotatable bonds is 7. The maximum absolute atomic E-state index is 11.8. The normalized spacial score (nSPS) is 10.2. The monoisotopic (exact) mass is 263 g/mol. The highest BCUT2D eigenvalue weighted by Gasteiger charge is 2.09. The molecule has 0 saturated carbocycles. The predicted octanol–water partition coefficient (Wildman–Crippen LogP) is 2.92. The maximum Gasteiger partial charge on any atom is 0.335 e. The van der Waals surface area contributed by atoms with Crippen LogP contribution in [0.5, 0.6) is 0 Å². The summed E-state index contributed by atoms with van der Waals surface area (Å²) in [4.78, 5) is 24.2. The summed E-state index contributed by atoms with van der Waals surface area (Å²) in [5.41, 5.74) is 1.21. The van der Waals surface area contributed by atoms with Crippen LogP contribution in [0.15, 0.2) is 24.3 Å². The SMILES string of the molecule is CCCCCC(=O)N(C)Cc1ccc(C(=O)O)cc1. The zero-order valence-electron chi connectivity index (χ0n) is 11.6. The summed E-state index contributed by atoms with van der Waals surface area (Å²) in [5, 5.41) is 8.80. The number of hydrogen-bond acceptors (Lipinski definition) is 2. The Morgan fingerprint density at radius 3 is 2.32 bits per heavy atom. The molecule has 1 aromatic carbocycles. The third-order valence-corrected chi connectivity index (χ3v) is 3.04. The van der Waals surface area contributed by atoms with Gasteiger partial charge in [-0.15, -0.1) is 0 Å². The van der Waals surface area contributed by atoms with E-state index in [1.165, 1.54) is 0 Å². The first-order valence-electron chi connectivity index (χ1n) is 6.60. The highest BCUT2D eigenvalue weighted by atomic mass is 16.4. The molecule has 1 N–H and O–H groups in total. The molecular weight excluding hydrogens is 242 g/mol. The van der Waals surface area contributed by atoms with Gasteiger partial charge in [0.25, 0.3) is 0 Å². The molecule has 0 aromatic heterocycles. The minimum Gasteiger partial charge on any atom is -0.478 e. The lowest BCUT2D eigenvalue weighted by atomic mass is 10.1.